The fraction of sp³-hybridized carbons (Fsp3) is 0.571. The molecule has 1 N–H and O–H groups in total. The average Bonchev–Trinajstić information content (AvgIpc) is 2.78. The predicted molar refractivity (Wildman–Crippen MR) is 66.8 cm³/mol. The average molecular weight is 233 g/mol. The topological polar surface area (TPSA) is 30.5 Å². The molecule has 2 heterocycles. The van der Waals surface area contributed by atoms with Gasteiger partial charge in [-0.05, 0) is 38.8 Å². The van der Waals surface area contributed by atoms with Gasteiger partial charge >= 0.3 is 0 Å². The third-order valence-electron chi connectivity index (χ3n) is 3.85. The molecule has 2 aliphatic rings. The van der Waals surface area contributed by atoms with Crippen molar-refractivity contribution in [3.05, 3.63) is 23.3 Å². The van der Waals surface area contributed by atoms with Crippen molar-refractivity contribution in [1.82, 2.24) is 5.32 Å². The van der Waals surface area contributed by atoms with Crippen molar-refractivity contribution in [3.8, 4) is 11.5 Å². The van der Waals surface area contributed by atoms with Gasteiger partial charge in [-0.2, -0.15) is 0 Å². The molecule has 3 rings (SSSR count). The fourth-order valence-electron chi connectivity index (χ4n) is 2.83. The van der Waals surface area contributed by atoms with Crippen molar-refractivity contribution < 1.29 is 9.47 Å². The van der Waals surface area contributed by atoms with E-state index in [1.165, 1.54) is 12.0 Å². The van der Waals surface area contributed by atoms with Crippen LogP contribution in [0.3, 0.4) is 0 Å². The highest BCUT2D eigenvalue weighted by molar-refractivity contribution is 5.54. The Hall–Kier alpha value is -1.22. The Bertz CT molecular complexity index is 436. The zero-order valence-electron chi connectivity index (χ0n) is 10.5. The first-order chi connectivity index (χ1) is 8.21. The van der Waals surface area contributed by atoms with Crippen molar-refractivity contribution in [1.29, 1.82) is 0 Å². The lowest BCUT2D eigenvalue weighted by Gasteiger charge is -2.31. The Morgan fingerprint density at radius 2 is 1.94 bits per heavy atom. The summed E-state index contributed by atoms with van der Waals surface area (Å²) in [5.74, 6) is 1.89. The SMILES string of the molecule is Cc1ccc(C2(C)CCCN2)c2c1OCCO2. The summed E-state index contributed by atoms with van der Waals surface area (Å²) in [4.78, 5) is 0. The zero-order chi connectivity index (χ0) is 11.9. The van der Waals surface area contributed by atoms with E-state index >= 15 is 0 Å². The van der Waals surface area contributed by atoms with Gasteiger partial charge in [0.05, 0.1) is 0 Å². The van der Waals surface area contributed by atoms with Crippen LogP contribution in [0.2, 0.25) is 0 Å². The first-order valence-corrected chi connectivity index (χ1v) is 6.35. The van der Waals surface area contributed by atoms with Gasteiger partial charge < -0.3 is 14.8 Å². The lowest BCUT2D eigenvalue weighted by molar-refractivity contribution is 0.165. The molecule has 0 radical (unpaired) electrons. The first-order valence-electron chi connectivity index (χ1n) is 6.35. The zero-order valence-corrected chi connectivity index (χ0v) is 10.5. The normalized spacial score (nSPS) is 27.2. The Balaban J connectivity index is 2.11. The van der Waals surface area contributed by atoms with E-state index < -0.39 is 0 Å². The molecular formula is C14H19NO2. The molecule has 1 fully saturated rings. The molecule has 3 nitrogen and oxygen atoms in total. The Labute approximate surface area is 102 Å². The highest BCUT2D eigenvalue weighted by Crippen LogP contribution is 2.44. The number of hydrogen-bond donors (Lipinski definition) is 1. The van der Waals surface area contributed by atoms with Crippen molar-refractivity contribution in [2.24, 2.45) is 0 Å². The molecule has 1 atom stereocenters. The standard InChI is InChI=1S/C14H19NO2/c1-10-4-5-11(14(2)6-3-7-15-14)13-12(10)16-8-9-17-13/h4-5,15H,3,6-9H2,1-2H3. The van der Waals surface area contributed by atoms with Gasteiger partial charge in [-0.1, -0.05) is 12.1 Å². The summed E-state index contributed by atoms with van der Waals surface area (Å²) in [6.07, 6.45) is 2.38. The van der Waals surface area contributed by atoms with Gasteiger partial charge in [0.1, 0.15) is 13.2 Å². The summed E-state index contributed by atoms with van der Waals surface area (Å²) >= 11 is 0. The number of hydrogen-bond acceptors (Lipinski definition) is 3. The number of nitrogens with one attached hydrogen (secondary N) is 1. The van der Waals surface area contributed by atoms with Crippen LogP contribution in [0.4, 0.5) is 0 Å². The van der Waals surface area contributed by atoms with Gasteiger partial charge in [-0.25, -0.2) is 0 Å². The molecule has 1 aromatic carbocycles. The molecule has 0 aromatic heterocycles. The molecule has 1 unspecified atom stereocenters. The molecule has 2 aliphatic heterocycles. The summed E-state index contributed by atoms with van der Waals surface area (Å²) in [5.41, 5.74) is 2.44. The molecular weight excluding hydrogens is 214 g/mol. The maximum atomic E-state index is 5.85. The monoisotopic (exact) mass is 233 g/mol. The Morgan fingerprint density at radius 1 is 1.18 bits per heavy atom. The van der Waals surface area contributed by atoms with E-state index in [-0.39, 0.29) is 5.54 Å². The van der Waals surface area contributed by atoms with E-state index in [0.717, 1.165) is 30.0 Å². The van der Waals surface area contributed by atoms with E-state index in [2.05, 4.69) is 31.3 Å². The maximum Gasteiger partial charge on any atom is 0.166 e. The second kappa shape index (κ2) is 3.91. The van der Waals surface area contributed by atoms with Crippen LogP contribution in [-0.2, 0) is 5.54 Å². The van der Waals surface area contributed by atoms with Crippen LogP contribution >= 0.6 is 0 Å². The molecule has 92 valence electrons. The molecule has 0 bridgehead atoms. The summed E-state index contributed by atoms with van der Waals surface area (Å²) in [5, 5.41) is 3.58. The van der Waals surface area contributed by atoms with Gasteiger partial charge in [0.25, 0.3) is 0 Å². The third kappa shape index (κ3) is 1.69. The third-order valence-corrected chi connectivity index (χ3v) is 3.85. The second-order valence-electron chi connectivity index (χ2n) is 5.15. The second-order valence-corrected chi connectivity index (χ2v) is 5.15. The molecule has 1 aromatic rings. The van der Waals surface area contributed by atoms with Gasteiger partial charge in [-0.15, -0.1) is 0 Å². The van der Waals surface area contributed by atoms with E-state index in [4.69, 9.17) is 9.47 Å². The number of rotatable bonds is 1. The summed E-state index contributed by atoms with van der Waals surface area (Å²) in [6.45, 7) is 6.71. The van der Waals surface area contributed by atoms with Crippen LogP contribution in [0.5, 0.6) is 11.5 Å². The highest BCUT2D eigenvalue weighted by atomic mass is 16.6. The molecule has 0 spiro atoms. The molecule has 0 aliphatic carbocycles. The number of ether oxygens (including phenoxy) is 2. The largest absolute Gasteiger partial charge is 0.486 e. The summed E-state index contributed by atoms with van der Waals surface area (Å²) in [6, 6.07) is 4.31. The lowest BCUT2D eigenvalue weighted by atomic mass is 9.88. The predicted octanol–water partition coefficient (Wildman–Crippen LogP) is 2.36. The minimum absolute atomic E-state index is 0.0402. The maximum absolute atomic E-state index is 5.85. The van der Waals surface area contributed by atoms with Crippen molar-refractivity contribution in [2.45, 2.75) is 32.2 Å². The van der Waals surface area contributed by atoms with E-state index in [1.807, 2.05) is 0 Å². The van der Waals surface area contributed by atoms with Crippen LogP contribution in [0.25, 0.3) is 0 Å². The van der Waals surface area contributed by atoms with E-state index in [9.17, 15) is 0 Å². The Morgan fingerprint density at radius 3 is 2.65 bits per heavy atom. The minimum atomic E-state index is 0.0402. The van der Waals surface area contributed by atoms with Crippen LogP contribution in [0.15, 0.2) is 12.1 Å². The van der Waals surface area contributed by atoms with Gasteiger partial charge in [0, 0.05) is 11.1 Å². The van der Waals surface area contributed by atoms with Crippen LogP contribution < -0.4 is 14.8 Å². The molecule has 0 amide bonds. The van der Waals surface area contributed by atoms with Gasteiger partial charge in [-0.3, -0.25) is 0 Å². The van der Waals surface area contributed by atoms with Gasteiger partial charge in [0.15, 0.2) is 11.5 Å². The van der Waals surface area contributed by atoms with E-state index in [0.29, 0.717) is 13.2 Å². The number of aryl methyl sites for hydroxylation is 1. The molecule has 17 heavy (non-hydrogen) atoms. The van der Waals surface area contributed by atoms with Gasteiger partial charge in [0.2, 0.25) is 0 Å². The van der Waals surface area contributed by atoms with Crippen molar-refractivity contribution in [2.75, 3.05) is 19.8 Å². The van der Waals surface area contributed by atoms with E-state index in [1.54, 1.807) is 0 Å². The lowest BCUT2D eigenvalue weighted by Crippen LogP contribution is -2.34. The first kappa shape index (κ1) is 10.9. The Kier molecular flexibility index (Phi) is 2.51. The fourth-order valence-corrected chi connectivity index (χ4v) is 2.83. The van der Waals surface area contributed by atoms with Crippen LogP contribution in [0, 0.1) is 6.92 Å². The number of fused-ring (bicyclic) bond motifs is 1. The molecule has 1 saturated heterocycles. The van der Waals surface area contributed by atoms with Crippen LogP contribution in [0.1, 0.15) is 30.9 Å². The minimum Gasteiger partial charge on any atom is -0.486 e. The van der Waals surface area contributed by atoms with Crippen LogP contribution in [-0.4, -0.2) is 19.8 Å². The quantitative estimate of drug-likeness (QED) is 0.807. The number of benzene rings is 1. The summed E-state index contributed by atoms with van der Waals surface area (Å²) in [7, 11) is 0. The smallest absolute Gasteiger partial charge is 0.166 e. The van der Waals surface area contributed by atoms with Crippen molar-refractivity contribution in [3.63, 3.8) is 0 Å². The molecule has 3 heteroatoms. The highest BCUT2D eigenvalue weighted by Gasteiger charge is 2.35. The molecule has 0 saturated carbocycles. The van der Waals surface area contributed by atoms with Crippen molar-refractivity contribution >= 4 is 0 Å². The summed E-state index contributed by atoms with van der Waals surface area (Å²) < 4.78 is 11.6.